The summed E-state index contributed by atoms with van der Waals surface area (Å²) >= 11 is 0. The van der Waals surface area contributed by atoms with Crippen molar-refractivity contribution in [3.05, 3.63) is 0 Å². The highest BCUT2D eigenvalue weighted by Crippen LogP contribution is 1.86. The van der Waals surface area contributed by atoms with Crippen LogP contribution in [-0.4, -0.2) is 18.5 Å². The number of amides is 3. The van der Waals surface area contributed by atoms with Crippen molar-refractivity contribution in [1.82, 2.24) is 10.6 Å². The van der Waals surface area contributed by atoms with E-state index in [-0.39, 0.29) is 11.9 Å². The van der Waals surface area contributed by atoms with Crippen molar-refractivity contribution in [2.45, 2.75) is 39.5 Å². The molecule has 0 fully saturated rings. The Morgan fingerprint density at radius 2 is 1.85 bits per heavy atom. The van der Waals surface area contributed by atoms with Gasteiger partial charge in [0.2, 0.25) is 5.91 Å². The van der Waals surface area contributed by atoms with E-state index in [1.807, 2.05) is 13.8 Å². The maximum Gasteiger partial charge on any atom is 0.321 e. The molecule has 13 heavy (non-hydrogen) atoms. The van der Waals surface area contributed by atoms with Gasteiger partial charge in [-0.05, 0) is 12.8 Å². The van der Waals surface area contributed by atoms with E-state index in [0.717, 1.165) is 19.3 Å². The van der Waals surface area contributed by atoms with Gasteiger partial charge in [0, 0.05) is 13.0 Å². The van der Waals surface area contributed by atoms with Crippen molar-refractivity contribution < 1.29 is 9.59 Å². The highest BCUT2D eigenvalue weighted by molar-refractivity contribution is 5.94. The fourth-order valence-electron chi connectivity index (χ4n) is 0.839. The normalized spacial score (nSPS) is 9.38. The Bertz CT molecular complexity index is 169. The van der Waals surface area contributed by atoms with Crippen molar-refractivity contribution in [2.75, 3.05) is 6.54 Å². The molecule has 0 aromatic heterocycles. The smallest absolute Gasteiger partial charge is 0.321 e. The molecule has 4 nitrogen and oxygen atoms in total. The van der Waals surface area contributed by atoms with E-state index in [0.29, 0.717) is 13.0 Å². The Balaban J connectivity index is 3.44. The summed E-state index contributed by atoms with van der Waals surface area (Å²) in [5.74, 6) is -0.212. The lowest BCUT2D eigenvalue weighted by Gasteiger charge is -2.04. The van der Waals surface area contributed by atoms with E-state index in [1.165, 1.54) is 0 Å². The third kappa shape index (κ3) is 7.31. The van der Waals surface area contributed by atoms with Crippen LogP contribution in [0.1, 0.15) is 39.5 Å². The van der Waals surface area contributed by atoms with Crippen LogP contribution in [0.4, 0.5) is 4.79 Å². The molecule has 0 aromatic carbocycles. The van der Waals surface area contributed by atoms with Gasteiger partial charge in [0.05, 0.1) is 0 Å². The summed E-state index contributed by atoms with van der Waals surface area (Å²) in [7, 11) is 0. The van der Waals surface area contributed by atoms with Crippen molar-refractivity contribution >= 4 is 11.9 Å². The zero-order valence-corrected chi connectivity index (χ0v) is 8.35. The molecular formula is C9H18N2O2. The van der Waals surface area contributed by atoms with E-state index in [2.05, 4.69) is 10.6 Å². The number of carbonyl (C=O) groups is 2. The molecule has 0 heterocycles. The van der Waals surface area contributed by atoms with Crippen molar-refractivity contribution in [1.29, 1.82) is 0 Å². The van der Waals surface area contributed by atoms with Crippen LogP contribution in [0.3, 0.4) is 0 Å². The number of nitrogens with one attached hydrogen (secondary N) is 2. The number of hydrogen-bond acceptors (Lipinski definition) is 2. The first-order valence-electron chi connectivity index (χ1n) is 4.78. The number of urea groups is 1. The molecule has 0 saturated carbocycles. The summed E-state index contributed by atoms with van der Waals surface area (Å²) < 4.78 is 0. The number of rotatable bonds is 5. The van der Waals surface area contributed by atoms with Crippen LogP contribution in [0.2, 0.25) is 0 Å². The van der Waals surface area contributed by atoms with Gasteiger partial charge in [-0.15, -0.1) is 0 Å². The summed E-state index contributed by atoms with van der Waals surface area (Å²) in [6, 6.07) is -0.382. The van der Waals surface area contributed by atoms with E-state index in [1.54, 1.807) is 0 Å². The van der Waals surface area contributed by atoms with Gasteiger partial charge in [-0.1, -0.05) is 20.3 Å². The highest BCUT2D eigenvalue weighted by atomic mass is 16.2. The minimum atomic E-state index is -0.382. The zero-order valence-electron chi connectivity index (χ0n) is 8.35. The number of hydrogen-bond donors (Lipinski definition) is 2. The SMILES string of the molecule is CCCCNC(=O)NC(=O)CCC. The third-order valence-electron chi connectivity index (χ3n) is 1.55. The average molecular weight is 186 g/mol. The fourth-order valence-corrected chi connectivity index (χ4v) is 0.839. The van der Waals surface area contributed by atoms with Crippen LogP contribution >= 0.6 is 0 Å². The zero-order chi connectivity index (χ0) is 10.1. The molecular weight excluding hydrogens is 168 g/mol. The molecule has 0 aliphatic rings. The van der Waals surface area contributed by atoms with Gasteiger partial charge in [-0.2, -0.15) is 0 Å². The molecule has 0 spiro atoms. The van der Waals surface area contributed by atoms with E-state index >= 15 is 0 Å². The first-order chi connectivity index (χ1) is 6.20. The van der Waals surface area contributed by atoms with Gasteiger partial charge in [0.25, 0.3) is 0 Å². The molecule has 0 rings (SSSR count). The van der Waals surface area contributed by atoms with Crippen LogP contribution in [0.15, 0.2) is 0 Å². The lowest BCUT2D eigenvalue weighted by atomic mass is 10.3. The molecule has 76 valence electrons. The van der Waals surface area contributed by atoms with Gasteiger partial charge >= 0.3 is 6.03 Å². The summed E-state index contributed by atoms with van der Waals surface area (Å²) in [5, 5.41) is 4.85. The third-order valence-corrected chi connectivity index (χ3v) is 1.55. The summed E-state index contributed by atoms with van der Waals surface area (Å²) in [6.07, 6.45) is 3.13. The Hall–Kier alpha value is -1.06. The predicted octanol–water partition coefficient (Wildman–Crippen LogP) is 1.41. The maximum atomic E-state index is 11.0. The molecule has 0 aromatic rings. The molecule has 3 amide bonds. The first kappa shape index (κ1) is 11.9. The van der Waals surface area contributed by atoms with Gasteiger partial charge in [-0.25, -0.2) is 4.79 Å². The Labute approximate surface area is 79.1 Å². The number of carbonyl (C=O) groups excluding carboxylic acids is 2. The van der Waals surface area contributed by atoms with Crippen molar-refractivity contribution in [2.24, 2.45) is 0 Å². The first-order valence-corrected chi connectivity index (χ1v) is 4.78. The van der Waals surface area contributed by atoms with Crippen molar-refractivity contribution in [3.63, 3.8) is 0 Å². The number of unbranched alkanes of at least 4 members (excludes halogenated alkanes) is 1. The molecule has 4 heteroatoms. The molecule has 0 bridgehead atoms. The predicted molar refractivity (Wildman–Crippen MR) is 51.4 cm³/mol. The quantitative estimate of drug-likeness (QED) is 0.638. The van der Waals surface area contributed by atoms with Crippen LogP contribution in [0.5, 0.6) is 0 Å². The second kappa shape index (κ2) is 7.58. The average Bonchev–Trinajstić information content (AvgIpc) is 2.05. The van der Waals surface area contributed by atoms with Crippen molar-refractivity contribution in [3.8, 4) is 0 Å². The molecule has 2 N–H and O–H groups in total. The lowest BCUT2D eigenvalue weighted by molar-refractivity contribution is -0.120. The van der Waals surface area contributed by atoms with Gasteiger partial charge in [0.15, 0.2) is 0 Å². The lowest BCUT2D eigenvalue weighted by Crippen LogP contribution is -2.39. The molecule has 0 atom stereocenters. The Kier molecular flexibility index (Phi) is 6.96. The topological polar surface area (TPSA) is 58.2 Å². The van der Waals surface area contributed by atoms with Gasteiger partial charge in [0.1, 0.15) is 0 Å². The summed E-state index contributed by atoms with van der Waals surface area (Å²) in [6.45, 7) is 4.57. The van der Waals surface area contributed by atoms with Gasteiger partial charge < -0.3 is 5.32 Å². The van der Waals surface area contributed by atoms with Gasteiger partial charge in [-0.3, -0.25) is 10.1 Å². The molecule has 0 aliphatic heterocycles. The largest absolute Gasteiger partial charge is 0.338 e. The Morgan fingerprint density at radius 3 is 2.38 bits per heavy atom. The van der Waals surface area contributed by atoms with Crippen LogP contribution < -0.4 is 10.6 Å². The molecule has 0 aliphatic carbocycles. The molecule has 0 unspecified atom stereocenters. The van der Waals surface area contributed by atoms with E-state index < -0.39 is 0 Å². The minimum Gasteiger partial charge on any atom is -0.338 e. The van der Waals surface area contributed by atoms with E-state index in [4.69, 9.17) is 0 Å². The summed E-state index contributed by atoms with van der Waals surface area (Å²) in [4.78, 5) is 21.9. The fraction of sp³-hybridized carbons (Fsp3) is 0.778. The monoisotopic (exact) mass is 186 g/mol. The second-order valence-electron chi connectivity index (χ2n) is 2.91. The van der Waals surface area contributed by atoms with E-state index in [9.17, 15) is 9.59 Å². The van der Waals surface area contributed by atoms with Crippen LogP contribution in [0.25, 0.3) is 0 Å². The minimum absolute atomic E-state index is 0.212. The van der Waals surface area contributed by atoms with Crippen LogP contribution in [0, 0.1) is 0 Å². The highest BCUT2D eigenvalue weighted by Gasteiger charge is 2.04. The standard InChI is InChI=1S/C9H18N2O2/c1-3-5-7-10-9(13)11-8(12)6-4-2/h3-7H2,1-2H3,(H2,10,11,12,13). The van der Waals surface area contributed by atoms with Crippen LogP contribution in [-0.2, 0) is 4.79 Å². The maximum absolute atomic E-state index is 11.0. The summed E-state index contributed by atoms with van der Waals surface area (Å²) in [5.41, 5.74) is 0. The number of imide groups is 1. The molecule has 0 radical (unpaired) electrons. The second-order valence-corrected chi connectivity index (χ2v) is 2.91. The molecule has 0 saturated heterocycles. The Morgan fingerprint density at radius 1 is 1.15 bits per heavy atom.